The summed E-state index contributed by atoms with van der Waals surface area (Å²) in [6.07, 6.45) is 4.85. The van der Waals surface area contributed by atoms with E-state index in [1.165, 1.54) is 5.57 Å². The maximum Gasteiger partial charge on any atom is 0.202 e. The van der Waals surface area contributed by atoms with E-state index in [0.717, 1.165) is 24.9 Å². The van der Waals surface area contributed by atoms with Gasteiger partial charge in [0.05, 0.1) is 0 Å². The Morgan fingerprint density at radius 3 is 2.47 bits per heavy atom. The molecule has 0 bridgehead atoms. The normalized spacial score (nSPS) is 19.2. The first-order valence-corrected chi connectivity index (χ1v) is 6.59. The predicted octanol–water partition coefficient (Wildman–Crippen LogP) is 1.66. The van der Waals surface area contributed by atoms with Gasteiger partial charge in [0.2, 0.25) is 11.9 Å². The summed E-state index contributed by atoms with van der Waals surface area (Å²) in [4.78, 5) is 13.0. The molecule has 5 nitrogen and oxygen atoms in total. The van der Waals surface area contributed by atoms with E-state index in [9.17, 15) is 0 Å². The van der Waals surface area contributed by atoms with Gasteiger partial charge >= 0.3 is 0 Å². The van der Waals surface area contributed by atoms with Crippen molar-refractivity contribution in [1.82, 2.24) is 15.1 Å². The van der Waals surface area contributed by atoms with Gasteiger partial charge in [0.15, 0.2) is 0 Å². The predicted molar refractivity (Wildman–Crippen MR) is 82.4 cm³/mol. The van der Waals surface area contributed by atoms with E-state index in [-0.39, 0.29) is 6.17 Å². The zero-order valence-corrected chi connectivity index (χ0v) is 12.6. The first kappa shape index (κ1) is 15.3. The Morgan fingerprint density at radius 1 is 1.32 bits per heavy atom. The third-order valence-corrected chi connectivity index (χ3v) is 2.87. The SMILES string of the molecule is C=CC=C(CC)CN(C)C1=NC(C)N=C(N(C)C)N1. The molecule has 0 radical (unpaired) electrons. The fourth-order valence-electron chi connectivity index (χ4n) is 1.80. The van der Waals surface area contributed by atoms with Crippen LogP contribution in [0.15, 0.2) is 34.3 Å². The molecule has 5 heteroatoms. The summed E-state index contributed by atoms with van der Waals surface area (Å²) in [6.45, 7) is 8.72. The Bertz CT molecular complexity index is 406. The molecule has 0 fully saturated rings. The number of allylic oxidation sites excluding steroid dienone is 2. The Hall–Kier alpha value is -1.78. The largest absolute Gasteiger partial charge is 0.349 e. The lowest BCUT2D eigenvalue weighted by atomic mass is 10.2. The van der Waals surface area contributed by atoms with Crippen molar-refractivity contribution in [3.05, 3.63) is 24.3 Å². The molecule has 106 valence electrons. The highest BCUT2D eigenvalue weighted by atomic mass is 15.4. The molecule has 0 aromatic carbocycles. The molecule has 0 amide bonds. The summed E-state index contributed by atoms with van der Waals surface area (Å²) in [6, 6.07) is 0. The second-order valence-corrected chi connectivity index (χ2v) is 4.83. The minimum absolute atomic E-state index is 0.0513. The standard InChI is InChI=1S/C14H25N5/c1-7-9-12(8-2)10-19(6)14-16-11(3)15-13(17-14)18(4)5/h7,9,11H,1,8,10H2,2-6H3,(H,15,16,17). The van der Waals surface area contributed by atoms with Gasteiger partial charge in [-0.2, -0.15) is 0 Å². The van der Waals surface area contributed by atoms with Crippen LogP contribution < -0.4 is 5.32 Å². The summed E-state index contributed by atoms with van der Waals surface area (Å²) in [7, 11) is 5.97. The lowest BCUT2D eigenvalue weighted by Crippen LogP contribution is -2.50. The van der Waals surface area contributed by atoms with Crippen molar-refractivity contribution in [2.24, 2.45) is 9.98 Å². The molecular weight excluding hydrogens is 238 g/mol. The van der Waals surface area contributed by atoms with Crippen molar-refractivity contribution in [1.29, 1.82) is 0 Å². The van der Waals surface area contributed by atoms with E-state index in [1.54, 1.807) is 0 Å². The number of guanidine groups is 2. The van der Waals surface area contributed by atoms with Gasteiger partial charge in [0, 0.05) is 27.7 Å². The molecule has 0 aliphatic carbocycles. The molecule has 0 saturated carbocycles. The third kappa shape index (κ3) is 4.43. The van der Waals surface area contributed by atoms with Crippen LogP contribution in [-0.2, 0) is 0 Å². The summed E-state index contributed by atoms with van der Waals surface area (Å²) in [5, 5.41) is 3.25. The quantitative estimate of drug-likeness (QED) is 0.785. The van der Waals surface area contributed by atoms with Crippen LogP contribution in [0.3, 0.4) is 0 Å². The zero-order chi connectivity index (χ0) is 14.4. The molecule has 1 heterocycles. The first-order valence-electron chi connectivity index (χ1n) is 6.59. The molecule has 1 N–H and O–H groups in total. The van der Waals surface area contributed by atoms with Gasteiger partial charge in [-0.05, 0) is 13.3 Å². The molecular formula is C14H25N5. The van der Waals surface area contributed by atoms with Crippen LogP contribution in [0, 0.1) is 0 Å². The van der Waals surface area contributed by atoms with Gasteiger partial charge < -0.3 is 9.80 Å². The van der Waals surface area contributed by atoms with Gasteiger partial charge in [0.25, 0.3) is 0 Å². The molecule has 0 aromatic rings. The summed E-state index contributed by atoms with van der Waals surface area (Å²) >= 11 is 0. The molecule has 1 atom stereocenters. The van der Waals surface area contributed by atoms with Crippen LogP contribution >= 0.6 is 0 Å². The van der Waals surface area contributed by atoms with Gasteiger partial charge in [0.1, 0.15) is 6.17 Å². The van der Waals surface area contributed by atoms with E-state index in [0.29, 0.717) is 0 Å². The zero-order valence-electron chi connectivity index (χ0n) is 12.6. The van der Waals surface area contributed by atoms with Crippen molar-refractivity contribution in [3.8, 4) is 0 Å². The Kier molecular flexibility index (Phi) is 5.60. The molecule has 1 aliphatic heterocycles. The molecule has 0 spiro atoms. The number of nitrogens with one attached hydrogen (secondary N) is 1. The minimum atomic E-state index is -0.0513. The van der Waals surface area contributed by atoms with Gasteiger partial charge in [-0.25, -0.2) is 9.98 Å². The van der Waals surface area contributed by atoms with E-state index in [2.05, 4.69) is 39.8 Å². The van der Waals surface area contributed by atoms with Gasteiger partial charge in [-0.15, -0.1) is 0 Å². The van der Waals surface area contributed by atoms with Crippen molar-refractivity contribution < 1.29 is 0 Å². The van der Waals surface area contributed by atoms with Crippen LogP contribution in [0.4, 0.5) is 0 Å². The maximum atomic E-state index is 4.53. The smallest absolute Gasteiger partial charge is 0.202 e. The fourth-order valence-corrected chi connectivity index (χ4v) is 1.80. The topological polar surface area (TPSA) is 43.2 Å². The third-order valence-electron chi connectivity index (χ3n) is 2.87. The summed E-state index contributed by atoms with van der Waals surface area (Å²) < 4.78 is 0. The van der Waals surface area contributed by atoms with Gasteiger partial charge in [-0.1, -0.05) is 31.2 Å². The highest BCUT2D eigenvalue weighted by molar-refractivity contribution is 5.99. The monoisotopic (exact) mass is 263 g/mol. The average Bonchev–Trinajstić information content (AvgIpc) is 2.37. The van der Waals surface area contributed by atoms with Crippen LogP contribution in [-0.4, -0.2) is 55.6 Å². The van der Waals surface area contributed by atoms with E-state index in [1.807, 2.05) is 39.0 Å². The molecule has 0 aromatic heterocycles. The highest BCUT2D eigenvalue weighted by Gasteiger charge is 2.17. The van der Waals surface area contributed by atoms with Crippen LogP contribution in [0.25, 0.3) is 0 Å². The summed E-state index contributed by atoms with van der Waals surface area (Å²) in [5.41, 5.74) is 1.32. The van der Waals surface area contributed by atoms with Gasteiger partial charge in [-0.3, -0.25) is 5.32 Å². The number of likely N-dealkylation sites (N-methyl/N-ethyl adjacent to an activating group) is 1. The van der Waals surface area contributed by atoms with E-state index < -0.39 is 0 Å². The molecule has 1 unspecified atom stereocenters. The number of hydrogen-bond donors (Lipinski definition) is 1. The Labute approximate surface area is 116 Å². The number of aliphatic imine (C=N–C) groups is 2. The number of hydrogen-bond acceptors (Lipinski definition) is 5. The van der Waals surface area contributed by atoms with Crippen LogP contribution in [0.1, 0.15) is 20.3 Å². The minimum Gasteiger partial charge on any atom is -0.349 e. The molecule has 1 aliphatic rings. The second kappa shape index (κ2) is 6.97. The van der Waals surface area contributed by atoms with Crippen molar-refractivity contribution in [3.63, 3.8) is 0 Å². The molecule has 19 heavy (non-hydrogen) atoms. The number of rotatable bonds is 4. The van der Waals surface area contributed by atoms with Crippen molar-refractivity contribution in [2.45, 2.75) is 26.4 Å². The average molecular weight is 263 g/mol. The fraction of sp³-hybridized carbons (Fsp3) is 0.571. The molecule has 1 rings (SSSR count). The maximum absolute atomic E-state index is 4.53. The van der Waals surface area contributed by atoms with E-state index >= 15 is 0 Å². The Balaban J connectivity index is 2.75. The van der Waals surface area contributed by atoms with Crippen LogP contribution in [0.2, 0.25) is 0 Å². The lowest BCUT2D eigenvalue weighted by molar-refractivity contribution is 0.500. The highest BCUT2D eigenvalue weighted by Crippen LogP contribution is 2.07. The van der Waals surface area contributed by atoms with Crippen LogP contribution in [0.5, 0.6) is 0 Å². The molecule has 0 saturated heterocycles. The summed E-state index contributed by atoms with van der Waals surface area (Å²) in [5.74, 6) is 1.70. The first-order chi connectivity index (χ1) is 8.97. The lowest BCUT2D eigenvalue weighted by Gasteiger charge is -2.29. The van der Waals surface area contributed by atoms with Crippen molar-refractivity contribution in [2.75, 3.05) is 27.7 Å². The van der Waals surface area contributed by atoms with E-state index in [4.69, 9.17) is 0 Å². The second-order valence-electron chi connectivity index (χ2n) is 4.83. The number of nitrogens with zero attached hydrogens (tertiary/aromatic N) is 4. The Morgan fingerprint density at radius 2 is 1.95 bits per heavy atom. The van der Waals surface area contributed by atoms with Crippen molar-refractivity contribution >= 4 is 11.9 Å².